The van der Waals surface area contributed by atoms with Gasteiger partial charge in [-0.25, -0.2) is 0 Å². The molecule has 4 nitrogen and oxygen atoms in total. The Morgan fingerprint density at radius 3 is 2.31 bits per heavy atom. The van der Waals surface area contributed by atoms with Crippen LogP contribution in [0.4, 0.5) is 11.4 Å². The number of likely N-dealkylation sites (N-methyl/N-ethyl adjacent to an activating group) is 1. The van der Waals surface area contributed by atoms with Gasteiger partial charge in [-0.2, -0.15) is 0 Å². The molecule has 0 saturated heterocycles. The van der Waals surface area contributed by atoms with Crippen LogP contribution < -0.4 is 10.2 Å². The van der Waals surface area contributed by atoms with Gasteiger partial charge in [-0.3, -0.25) is 9.59 Å². The molecule has 16 heavy (non-hydrogen) atoms. The zero-order valence-corrected chi connectivity index (χ0v) is 9.36. The third-order valence-corrected chi connectivity index (χ3v) is 2.08. The summed E-state index contributed by atoms with van der Waals surface area (Å²) in [5.74, 6) is -0.296. The molecule has 0 bridgehead atoms. The van der Waals surface area contributed by atoms with Gasteiger partial charge in [0.15, 0.2) is 0 Å². The van der Waals surface area contributed by atoms with Gasteiger partial charge >= 0.3 is 0 Å². The molecule has 2 amide bonds. The summed E-state index contributed by atoms with van der Waals surface area (Å²) in [6.07, 6.45) is 1.25. The molecule has 0 aliphatic rings. The van der Waals surface area contributed by atoms with Gasteiger partial charge < -0.3 is 10.2 Å². The second-order valence-corrected chi connectivity index (χ2v) is 3.33. The van der Waals surface area contributed by atoms with Gasteiger partial charge in [0.1, 0.15) is 0 Å². The highest BCUT2D eigenvalue weighted by Gasteiger charge is 2.06. The molecule has 1 aromatic carbocycles. The minimum atomic E-state index is -0.174. The number of carbonyl (C=O) groups is 2. The van der Waals surface area contributed by atoms with Crippen LogP contribution >= 0.6 is 0 Å². The Hall–Kier alpha value is -2.10. The van der Waals surface area contributed by atoms with Gasteiger partial charge in [-0.05, 0) is 30.3 Å². The van der Waals surface area contributed by atoms with Crippen molar-refractivity contribution in [2.75, 3.05) is 17.3 Å². The van der Waals surface area contributed by atoms with Crippen molar-refractivity contribution >= 4 is 23.2 Å². The van der Waals surface area contributed by atoms with Crippen molar-refractivity contribution in [1.82, 2.24) is 0 Å². The van der Waals surface area contributed by atoms with Crippen LogP contribution in [0.3, 0.4) is 0 Å². The first-order valence-electron chi connectivity index (χ1n) is 4.82. The average molecular weight is 218 g/mol. The van der Waals surface area contributed by atoms with Crippen molar-refractivity contribution in [3.05, 3.63) is 36.9 Å². The molecule has 0 unspecified atom stereocenters. The van der Waals surface area contributed by atoms with Crippen LogP contribution in [0.1, 0.15) is 6.92 Å². The second-order valence-electron chi connectivity index (χ2n) is 3.33. The summed E-state index contributed by atoms with van der Waals surface area (Å²) < 4.78 is 0. The number of nitrogens with zero attached hydrogens (tertiary/aromatic N) is 1. The lowest BCUT2D eigenvalue weighted by Crippen LogP contribution is -2.23. The Morgan fingerprint density at radius 1 is 1.31 bits per heavy atom. The quantitative estimate of drug-likeness (QED) is 0.786. The highest BCUT2D eigenvalue weighted by Crippen LogP contribution is 2.16. The Kier molecular flexibility index (Phi) is 3.83. The predicted molar refractivity (Wildman–Crippen MR) is 64.4 cm³/mol. The van der Waals surface area contributed by atoms with E-state index in [1.165, 1.54) is 17.9 Å². The number of anilines is 2. The third kappa shape index (κ3) is 2.95. The molecule has 0 radical (unpaired) electrons. The van der Waals surface area contributed by atoms with E-state index >= 15 is 0 Å². The number of hydrogen-bond donors (Lipinski definition) is 1. The third-order valence-electron chi connectivity index (χ3n) is 2.08. The SMILES string of the molecule is C=CC(=O)N(C)c1ccc(NC(C)=O)cc1. The highest BCUT2D eigenvalue weighted by atomic mass is 16.2. The van der Waals surface area contributed by atoms with Crippen molar-refractivity contribution in [2.45, 2.75) is 6.92 Å². The molecule has 0 heterocycles. The summed E-state index contributed by atoms with van der Waals surface area (Å²) in [6, 6.07) is 6.99. The van der Waals surface area contributed by atoms with E-state index in [4.69, 9.17) is 0 Å². The number of nitrogens with one attached hydrogen (secondary N) is 1. The number of hydrogen-bond acceptors (Lipinski definition) is 2. The first-order chi connectivity index (χ1) is 7.54. The maximum atomic E-state index is 11.3. The summed E-state index contributed by atoms with van der Waals surface area (Å²) in [5, 5.41) is 2.65. The van der Waals surface area contributed by atoms with Crippen LogP contribution in [-0.4, -0.2) is 18.9 Å². The molecule has 0 spiro atoms. The summed E-state index contributed by atoms with van der Waals surface area (Å²) in [4.78, 5) is 23.6. The summed E-state index contributed by atoms with van der Waals surface area (Å²) >= 11 is 0. The van der Waals surface area contributed by atoms with Crippen molar-refractivity contribution in [1.29, 1.82) is 0 Å². The molecule has 1 N–H and O–H groups in total. The molecular formula is C12H14N2O2. The minimum absolute atomic E-state index is 0.122. The molecule has 1 rings (SSSR count). The van der Waals surface area contributed by atoms with E-state index < -0.39 is 0 Å². The van der Waals surface area contributed by atoms with Gasteiger partial charge in [0.2, 0.25) is 11.8 Å². The Balaban J connectivity index is 2.82. The van der Waals surface area contributed by atoms with Crippen molar-refractivity contribution in [2.24, 2.45) is 0 Å². The molecular weight excluding hydrogens is 204 g/mol. The Labute approximate surface area is 94.6 Å². The molecule has 0 aliphatic heterocycles. The average Bonchev–Trinajstić information content (AvgIpc) is 2.27. The molecule has 0 fully saturated rings. The number of amides is 2. The zero-order chi connectivity index (χ0) is 12.1. The lowest BCUT2D eigenvalue weighted by Gasteiger charge is -2.15. The van der Waals surface area contributed by atoms with Crippen LogP contribution in [0, 0.1) is 0 Å². The van der Waals surface area contributed by atoms with E-state index in [-0.39, 0.29) is 11.8 Å². The Morgan fingerprint density at radius 2 is 1.88 bits per heavy atom. The number of rotatable bonds is 3. The topological polar surface area (TPSA) is 49.4 Å². The van der Waals surface area contributed by atoms with E-state index in [1.54, 1.807) is 31.3 Å². The molecule has 0 aliphatic carbocycles. The van der Waals surface area contributed by atoms with Crippen molar-refractivity contribution in [3.8, 4) is 0 Å². The largest absolute Gasteiger partial charge is 0.326 e. The fraction of sp³-hybridized carbons (Fsp3) is 0.167. The van der Waals surface area contributed by atoms with Crippen molar-refractivity contribution < 1.29 is 9.59 Å². The monoisotopic (exact) mass is 218 g/mol. The van der Waals surface area contributed by atoms with Crippen molar-refractivity contribution in [3.63, 3.8) is 0 Å². The number of carbonyl (C=O) groups excluding carboxylic acids is 2. The van der Waals surface area contributed by atoms with Gasteiger partial charge in [0.05, 0.1) is 0 Å². The normalized spacial score (nSPS) is 9.38. The first-order valence-corrected chi connectivity index (χ1v) is 4.82. The minimum Gasteiger partial charge on any atom is -0.326 e. The van der Waals surface area contributed by atoms with Crippen LogP contribution in [0.15, 0.2) is 36.9 Å². The summed E-state index contributed by atoms with van der Waals surface area (Å²) in [7, 11) is 1.66. The van der Waals surface area contributed by atoms with E-state index in [0.29, 0.717) is 5.69 Å². The molecule has 0 atom stereocenters. The van der Waals surface area contributed by atoms with E-state index in [0.717, 1.165) is 5.69 Å². The van der Waals surface area contributed by atoms with Crippen LogP contribution in [0.5, 0.6) is 0 Å². The van der Waals surface area contributed by atoms with E-state index in [2.05, 4.69) is 11.9 Å². The molecule has 1 aromatic rings. The number of benzene rings is 1. The predicted octanol–water partition coefficient (Wildman–Crippen LogP) is 1.79. The van der Waals surface area contributed by atoms with Crippen LogP contribution in [0.25, 0.3) is 0 Å². The van der Waals surface area contributed by atoms with Crippen LogP contribution in [0.2, 0.25) is 0 Å². The lowest BCUT2D eigenvalue weighted by molar-refractivity contribution is -0.114. The fourth-order valence-corrected chi connectivity index (χ4v) is 1.24. The summed E-state index contributed by atoms with van der Waals surface area (Å²) in [6.45, 7) is 4.86. The molecule has 0 aromatic heterocycles. The highest BCUT2D eigenvalue weighted by molar-refractivity contribution is 6.00. The van der Waals surface area contributed by atoms with E-state index in [1.807, 2.05) is 0 Å². The Bertz CT molecular complexity index is 410. The maximum Gasteiger partial charge on any atom is 0.250 e. The second kappa shape index (κ2) is 5.11. The van der Waals surface area contributed by atoms with Crippen LogP contribution in [-0.2, 0) is 9.59 Å². The van der Waals surface area contributed by atoms with Gasteiger partial charge in [0.25, 0.3) is 0 Å². The van der Waals surface area contributed by atoms with Gasteiger partial charge in [-0.1, -0.05) is 6.58 Å². The van der Waals surface area contributed by atoms with Gasteiger partial charge in [-0.15, -0.1) is 0 Å². The smallest absolute Gasteiger partial charge is 0.250 e. The fourth-order valence-electron chi connectivity index (χ4n) is 1.24. The van der Waals surface area contributed by atoms with E-state index in [9.17, 15) is 9.59 Å². The first kappa shape index (κ1) is 12.0. The molecule has 4 heteroatoms. The standard InChI is InChI=1S/C12H14N2O2/c1-4-12(16)14(3)11-7-5-10(6-8-11)13-9(2)15/h4-8H,1H2,2-3H3,(H,13,15). The lowest BCUT2D eigenvalue weighted by atomic mass is 10.2. The maximum absolute atomic E-state index is 11.3. The molecule has 84 valence electrons. The molecule has 0 saturated carbocycles. The summed E-state index contributed by atoms with van der Waals surface area (Å²) in [5.41, 5.74) is 1.45. The zero-order valence-electron chi connectivity index (χ0n) is 9.36. The van der Waals surface area contributed by atoms with Gasteiger partial charge in [0, 0.05) is 25.3 Å².